The zero-order valence-corrected chi connectivity index (χ0v) is 16.0. The molecule has 0 aliphatic rings. The standard InChI is InChI=1S/C20H14BrClN2O2/c1-2-8-26-19-17(21)10-15(11-18(19)22)9-16(12-23)20(25)24-13-14-6-4-3-5-7-14/h1,3-7,9-11H,8,13H2,(H,24,25)/b16-9-. The van der Waals surface area contributed by atoms with Crippen molar-refractivity contribution in [2.24, 2.45) is 0 Å². The maximum Gasteiger partial charge on any atom is 0.262 e. The molecule has 0 saturated heterocycles. The monoisotopic (exact) mass is 428 g/mol. The van der Waals surface area contributed by atoms with Crippen LogP contribution in [-0.2, 0) is 11.3 Å². The highest BCUT2D eigenvalue weighted by Crippen LogP contribution is 2.35. The number of amides is 1. The minimum absolute atomic E-state index is 0.0267. The van der Waals surface area contributed by atoms with Gasteiger partial charge in [0.15, 0.2) is 5.75 Å². The molecule has 0 aliphatic heterocycles. The Morgan fingerprint density at radius 1 is 1.35 bits per heavy atom. The Morgan fingerprint density at radius 3 is 2.69 bits per heavy atom. The lowest BCUT2D eigenvalue weighted by Crippen LogP contribution is -2.23. The van der Waals surface area contributed by atoms with E-state index in [0.29, 0.717) is 27.4 Å². The van der Waals surface area contributed by atoms with Gasteiger partial charge in [0.05, 0.1) is 9.50 Å². The number of rotatable bonds is 6. The maximum atomic E-state index is 12.2. The molecule has 2 rings (SSSR count). The number of carbonyl (C=O) groups is 1. The molecule has 1 N–H and O–H groups in total. The minimum Gasteiger partial charge on any atom is -0.478 e. The molecule has 0 radical (unpaired) electrons. The molecule has 0 aliphatic carbocycles. The largest absolute Gasteiger partial charge is 0.478 e. The lowest BCUT2D eigenvalue weighted by molar-refractivity contribution is -0.117. The first-order valence-corrected chi connectivity index (χ1v) is 8.71. The molecule has 2 aromatic carbocycles. The summed E-state index contributed by atoms with van der Waals surface area (Å²) < 4.78 is 5.94. The molecule has 26 heavy (non-hydrogen) atoms. The summed E-state index contributed by atoms with van der Waals surface area (Å²) in [6.07, 6.45) is 6.63. The summed E-state index contributed by atoms with van der Waals surface area (Å²) in [5.74, 6) is 2.31. The number of carbonyl (C=O) groups excluding carboxylic acids is 1. The number of terminal acetylenes is 1. The third kappa shape index (κ3) is 5.39. The fourth-order valence-electron chi connectivity index (χ4n) is 2.10. The normalized spacial score (nSPS) is 10.5. The second-order valence-corrected chi connectivity index (χ2v) is 6.41. The van der Waals surface area contributed by atoms with Crippen molar-refractivity contribution in [3.63, 3.8) is 0 Å². The number of benzene rings is 2. The van der Waals surface area contributed by atoms with Gasteiger partial charge < -0.3 is 10.1 Å². The molecule has 4 nitrogen and oxygen atoms in total. The number of nitrogens with zero attached hydrogens (tertiary/aromatic N) is 1. The fraction of sp³-hybridized carbons (Fsp3) is 0.100. The molecule has 0 aromatic heterocycles. The lowest BCUT2D eigenvalue weighted by Gasteiger charge is -2.09. The van der Waals surface area contributed by atoms with Gasteiger partial charge >= 0.3 is 0 Å². The van der Waals surface area contributed by atoms with Crippen molar-refractivity contribution >= 4 is 39.5 Å². The molecule has 0 spiro atoms. The van der Waals surface area contributed by atoms with Crippen LogP contribution >= 0.6 is 27.5 Å². The molecule has 0 atom stereocenters. The topological polar surface area (TPSA) is 62.1 Å². The van der Waals surface area contributed by atoms with Gasteiger partial charge in [-0.25, -0.2) is 0 Å². The smallest absolute Gasteiger partial charge is 0.262 e. The Morgan fingerprint density at radius 2 is 2.08 bits per heavy atom. The van der Waals surface area contributed by atoms with Gasteiger partial charge in [0.2, 0.25) is 0 Å². The van der Waals surface area contributed by atoms with E-state index in [1.54, 1.807) is 12.1 Å². The fourth-order valence-corrected chi connectivity index (χ4v) is 3.09. The van der Waals surface area contributed by atoms with Gasteiger partial charge in [-0.1, -0.05) is 47.9 Å². The Balaban J connectivity index is 2.16. The minimum atomic E-state index is -0.462. The van der Waals surface area contributed by atoms with E-state index >= 15 is 0 Å². The van der Waals surface area contributed by atoms with Crippen LogP contribution in [0.15, 0.2) is 52.5 Å². The van der Waals surface area contributed by atoms with E-state index in [-0.39, 0.29) is 12.2 Å². The average Bonchev–Trinajstić information content (AvgIpc) is 2.64. The van der Waals surface area contributed by atoms with Crippen LogP contribution in [0.3, 0.4) is 0 Å². The Labute approximate surface area is 165 Å². The Hall–Kier alpha value is -2.73. The lowest BCUT2D eigenvalue weighted by atomic mass is 10.1. The summed E-state index contributed by atoms with van der Waals surface area (Å²) in [6, 6.07) is 14.6. The predicted molar refractivity (Wildman–Crippen MR) is 105 cm³/mol. The molecule has 0 saturated carbocycles. The van der Waals surface area contributed by atoms with Crippen LogP contribution in [0.1, 0.15) is 11.1 Å². The summed E-state index contributed by atoms with van der Waals surface area (Å²) in [5, 5.41) is 12.3. The first-order chi connectivity index (χ1) is 12.5. The van der Waals surface area contributed by atoms with Crippen molar-refractivity contribution in [1.29, 1.82) is 5.26 Å². The van der Waals surface area contributed by atoms with E-state index in [2.05, 4.69) is 27.2 Å². The van der Waals surface area contributed by atoms with E-state index < -0.39 is 5.91 Å². The molecule has 0 bridgehead atoms. The van der Waals surface area contributed by atoms with E-state index in [1.165, 1.54) is 6.08 Å². The number of hydrogen-bond donors (Lipinski definition) is 1. The summed E-state index contributed by atoms with van der Waals surface area (Å²) in [5.41, 5.74) is 1.50. The zero-order chi connectivity index (χ0) is 18.9. The van der Waals surface area contributed by atoms with Crippen LogP contribution in [0.2, 0.25) is 5.02 Å². The summed E-state index contributed by atoms with van der Waals surface area (Å²) in [4.78, 5) is 12.2. The molecule has 0 unspecified atom stereocenters. The quantitative estimate of drug-likeness (QED) is 0.422. The van der Waals surface area contributed by atoms with Crippen molar-refractivity contribution in [2.75, 3.05) is 6.61 Å². The van der Waals surface area contributed by atoms with Gasteiger partial charge in [0, 0.05) is 6.54 Å². The number of halogens is 2. The van der Waals surface area contributed by atoms with Crippen molar-refractivity contribution < 1.29 is 9.53 Å². The van der Waals surface area contributed by atoms with Crippen LogP contribution in [0, 0.1) is 23.7 Å². The van der Waals surface area contributed by atoms with Gasteiger partial charge in [-0.2, -0.15) is 5.26 Å². The molecule has 1 amide bonds. The maximum absolute atomic E-state index is 12.2. The van der Waals surface area contributed by atoms with Gasteiger partial charge in [0.1, 0.15) is 18.2 Å². The second kappa shape index (κ2) is 9.68. The van der Waals surface area contributed by atoms with Crippen LogP contribution in [0.5, 0.6) is 5.75 Å². The first-order valence-electron chi connectivity index (χ1n) is 7.54. The number of nitriles is 1. The highest BCUT2D eigenvalue weighted by Gasteiger charge is 2.12. The Kier molecular flexibility index (Phi) is 7.29. The molecular formula is C20H14BrClN2O2. The highest BCUT2D eigenvalue weighted by molar-refractivity contribution is 9.10. The predicted octanol–water partition coefficient (Wildman–Crippen LogP) is 4.34. The second-order valence-electron chi connectivity index (χ2n) is 5.14. The van der Waals surface area contributed by atoms with Crippen molar-refractivity contribution in [1.82, 2.24) is 5.32 Å². The molecule has 0 heterocycles. The van der Waals surface area contributed by atoms with Gasteiger partial charge in [-0.3, -0.25) is 4.79 Å². The van der Waals surface area contributed by atoms with Crippen LogP contribution in [-0.4, -0.2) is 12.5 Å². The van der Waals surface area contributed by atoms with E-state index in [1.807, 2.05) is 36.4 Å². The molecule has 130 valence electrons. The van der Waals surface area contributed by atoms with Gasteiger partial charge in [-0.05, 0) is 45.3 Å². The third-order valence-electron chi connectivity index (χ3n) is 3.29. The molecule has 6 heteroatoms. The molecule has 0 fully saturated rings. The molecule has 2 aromatic rings. The number of ether oxygens (including phenoxy) is 1. The van der Waals surface area contributed by atoms with Crippen LogP contribution < -0.4 is 10.1 Å². The van der Waals surface area contributed by atoms with E-state index in [4.69, 9.17) is 22.8 Å². The van der Waals surface area contributed by atoms with E-state index in [0.717, 1.165) is 5.56 Å². The summed E-state index contributed by atoms with van der Waals surface area (Å²) in [6.45, 7) is 0.418. The van der Waals surface area contributed by atoms with Gasteiger partial charge in [0.25, 0.3) is 5.91 Å². The average molecular weight is 430 g/mol. The van der Waals surface area contributed by atoms with Gasteiger partial charge in [-0.15, -0.1) is 6.42 Å². The zero-order valence-electron chi connectivity index (χ0n) is 13.6. The Bertz CT molecular complexity index is 889. The van der Waals surface area contributed by atoms with Crippen molar-refractivity contribution in [3.05, 3.63) is 68.7 Å². The van der Waals surface area contributed by atoms with E-state index in [9.17, 15) is 10.1 Å². The van der Waals surface area contributed by atoms with Crippen LogP contribution in [0.4, 0.5) is 0 Å². The van der Waals surface area contributed by atoms with Crippen LogP contribution in [0.25, 0.3) is 6.08 Å². The summed E-state index contributed by atoms with van der Waals surface area (Å²) >= 11 is 9.53. The number of hydrogen-bond acceptors (Lipinski definition) is 3. The molecular weight excluding hydrogens is 416 g/mol. The van der Waals surface area contributed by atoms with Crippen molar-refractivity contribution in [2.45, 2.75) is 6.54 Å². The highest BCUT2D eigenvalue weighted by atomic mass is 79.9. The number of nitrogens with one attached hydrogen (secondary N) is 1. The SMILES string of the molecule is C#CCOc1c(Cl)cc(/C=C(/C#N)C(=O)NCc2ccccc2)cc1Br. The van der Waals surface area contributed by atoms with Crippen molar-refractivity contribution in [3.8, 4) is 24.2 Å². The first kappa shape index (κ1) is 19.6. The third-order valence-corrected chi connectivity index (χ3v) is 4.16. The summed E-state index contributed by atoms with van der Waals surface area (Å²) in [7, 11) is 0.